The number of hydrogen-bond donors (Lipinski definition) is 3. The summed E-state index contributed by atoms with van der Waals surface area (Å²) in [7, 11) is -2.89. The zero-order valence-corrected chi connectivity index (χ0v) is 26.8. The Morgan fingerprint density at radius 1 is 0.676 bits per heavy atom. The van der Waals surface area contributed by atoms with Crippen molar-refractivity contribution >= 4 is 21.2 Å². The standard InChI is InChI=1S/C29H63NO5Si.ClH/c1-5-7-8-9-10-11-12-13-14-15-16-17-18-20-28(27-29(3,4)30)21-19-26-36(33-6-2,34-24-22-31)35-25-23-32;/h28,31-32H,5-27,30H2,1-4H3;1H. The molecule has 0 amide bonds. The van der Waals surface area contributed by atoms with Crippen LogP contribution in [-0.4, -0.2) is 57.6 Å². The molecular formula is C29H64ClNO5Si. The van der Waals surface area contributed by atoms with Gasteiger partial charge in [0.25, 0.3) is 0 Å². The van der Waals surface area contributed by atoms with Crippen molar-refractivity contribution in [1.29, 1.82) is 0 Å². The fourth-order valence-electron chi connectivity index (χ4n) is 5.11. The minimum absolute atomic E-state index is 0. The zero-order valence-electron chi connectivity index (χ0n) is 24.9. The Morgan fingerprint density at radius 3 is 1.51 bits per heavy atom. The van der Waals surface area contributed by atoms with Crippen LogP contribution in [0.2, 0.25) is 6.04 Å². The van der Waals surface area contributed by atoms with E-state index in [1.54, 1.807) is 0 Å². The van der Waals surface area contributed by atoms with Crippen LogP contribution in [0.1, 0.15) is 137 Å². The molecule has 6 nitrogen and oxygen atoms in total. The highest BCUT2D eigenvalue weighted by atomic mass is 35.5. The third kappa shape index (κ3) is 25.0. The zero-order chi connectivity index (χ0) is 27.0. The summed E-state index contributed by atoms with van der Waals surface area (Å²) in [4.78, 5) is 0. The van der Waals surface area contributed by atoms with Crippen LogP contribution in [0.5, 0.6) is 0 Å². The van der Waals surface area contributed by atoms with Crippen molar-refractivity contribution in [3.63, 3.8) is 0 Å². The van der Waals surface area contributed by atoms with Crippen molar-refractivity contribution in [2.75, 3.05) is 33.0 Å². The summed E-state index contributed by atoms with van der Waals surface area (Å²) < 4.78 is 17.7. The van der Waals surface area contributed by atoms with Crippen LogP contribution in [0.15, 0.2) is 0 Å². The van der Waals surface area contributed by atoms with Crippen molar-refractivity contribution in [2.45, 2.75) is 148 Å². The fourth-order valence-corrected chi connectivity index (χ4v) is 7.68. The van der Waals surface area contributed by atoms with Gasteiger partial charge in [0, 0.05) is 18.2 Å². The van der Waals surface area contributed by atoms with E-state index in [0.29, 0.717) is 18.6 Å². The molecule has 0 aliphatic rings. The van der Waals surface area contributed by atoms with E-state index in [-0.39, 0.29) is 44.4 Å². The molecule has 0 radical (unpaired) electrons. The van der Waals surface area contributed by atoms with Gasteiger partial charge >= 0.3 is 8.80 Å². The van der Waals surface area contributed by atoms with Gasteiger partial charge in [-0.05, 0) is 39.5 Å². The second-order valence-electron chi connectivity index (χ2n) is 11.2. The first-order chi connectivity index (χ1) is 17.3. The molecular weight excluding hydrogens is 506 g/mol. The monoisotopic (exact) mass is 569 g/mol. The average Bonchev–Trinajstić information content (AvgIpc) is 2.83. The number of aliphatic hydroxyl groups excluding tert-OH is 2. The van der Waals surface area contributed by atoms with E-state index in [4.69, 9.17) is 19.0 Å². The Bertz CT molecular complexity index is 460. The molecule has 8 heteroatoms. The Kier molecular flexibility index (Phi) is 28.2. The Hall–Kier alpha value is 0.267. The van der Waals surface area contributed by atoms with Crippen LogP contribution in [0, 0.1) is 5.92 Å². The average molecular weight is 570 g/mol. The van der Waals surface area contributed by atoms with E-state index in [9.17, 15) is 10.2 Å². The molecule has 0 aromatic rings. The number of unbranched alkanes of at least 4 members (excludes halogenated alkanes) is 12. The number of nitrogens with two attached hydrogens (primary N) is 1. The molecule has 37 heavy (non-hydrogen) atoms. The van der Waals surface area contributed by atoms with Gasteiger partial charge < -0.3 is 29.2 Å². The maximum absolute atomic E-state index is 9.24. The summed E-state index contributed by atoms with van der Waals surface area (Å²) in [6.45, 7) is 9.24. The minimum Gasteiger partial charge on any atom is -0.394 e. The molecule has 0 saturated carbocycles. The predicted molar refractivity (Wildman–Crippen MR) is 161 cm³/mol. The van der Waals surface area contributed by atoms with Gasteiger partial charge in [-0.1, -0.05) is 103 Å². The highest BCUT2D eigenvalue weighted by molar-refractivity contribution is 6.60. The molecule has 0 aliphatic carbocycles. The van der Waals surface area contributed by atoms with Crippen LogP contribution in [0.25, 0.3) is 0 Å². The van der Waals surface area contributed by atoms with Gasteiger partial charge in [-0.15, -0.1) is 12.4 Å². The lowest BCUT2D eigenvalue weighted by atomic mass is 9.85. The van der Waals surface area contributed by atoms with Crippen molar-refractivity contribution in [3.05, 3.63) is 0 Å². The molecule has 0 fully saturated rings. The molecule has 0 aliphatic heterocycles. The molecule has 1 atom stereocenters. The Labute approximate surface area is 237 Å². The lowest BCUT2D eigenvalue weighted by Gasteiger charge is -2.30. The van der Waals surface area contributed by atoms with Crippen LogP contribution < -0.4 is 5.73 Å². The van der Waals surface area contributed by atoms with Crippen molar-refractivity contribution in [3.8, 4) is 0 Å². The quantitative estimate of drug-likeness (QED) is 0.0670. The smallest absolute Gasteiger partial charge is 0.394 e. The maximum Gasteiger partial charge on any atom is 0.501 e. The highest BCUT2D eigenvalue weighted by Crippen LogP contribution is 2.28. The molecule has 0 rings (SSSR count). The third-order valence-electron chi connectivity index (χ3n) is 6.82. The molecule has 0 saturated heterocycles. The van der Waals surface area contributed by atoms with E-state index in [2.05, 4.69) is 20.8 Å². The molecule has 0 spiro atoms. The molecule has 1 unspecified atom stereocenters. The summed E-state index contributed by atoms with van der Waals surface area (Å²) in [5, 5.41) is 18.5. The summed E-state index contributed by atoms with van der Waals surface area (Å²) in [6, 6.07) is 0.709. The summed E-state index contributed by atoms with van der Waals surface area (Å²) in [6.07, 6.45) is 22.2. The van der Waals surface area contributed by atoms with Gasteiger partial charge in [0.05, 0.1) is 26.4 Å². The highest BCUT2D eigenvalue weighted by Gasteiger charge is 2.40. The van der Waals surface area contributed by atoms with Gasteiger partial charge in [0.15, 0.2) is 0 Å². The first kappa shape index (κ1) is 39.4. The lowest BCUT2D eigenvalue weighted by Crippen LogP contribution is -2.47. The first-order valence-electron chi connectivity index (χ1n) is 15.2. The molecule has 226 valence electrons. The van der Waals surface area contributed by atoms with E-state index < -0.39 is 8.80 Å². The van der Waals surface area contributed by atoms with Crippen LogP contribution in [0.3, 0.4) is 0 Å². The summed E-state index contributed by atoms with van der Waals surface area (Å²) >= 11 is 0. The van der Waals surface area contributed by atoms with Crippen LogP contribution >= 0.6 is 12.4 Å². The van der Waals surface area contributed by atoms with Gasteiger partial charge in [0.2, 0.25) is 0 Å². The Morgan fingerprint density at radius 2 is 1.11 bits per heavy atom. The van der Waals surface area contributed by atoms with Gasteiger partial charge in [0.1, 0.15) is 0 Å². The van der Waals surface area contributed by atoms with E-state index in [1.807, 2.05) is 6.92 Å². The van der Waals surface area contributed by atoms with Gasteiger partial charge in [-0.2, -0.15) is 0 Å². The largest absolute Gasteiger partial charge is 0.501 e. The molecule has 0 heterocycles. The molecule has 4 N–H and O–H groups in total. The Balaban J connectivity index is 0. The number of hydrogen-bond acceptors (Lipinski definition) is 6. The second-order valence-corrected chi connectivity index (χ2v) is 14.0. The maximum atomic E-state index is 9.24. The normalized spacial score (nSPS) is 13.1. The van der Waals surface area contributed by atoms with Crippen molar-refractivity contribution < 1.29 is 23.5 Å². The lowest BCUT2D eigenvalue weighted by molar-refractivity contribution is 0.0387. The second kappa shape index (κ2) is 26.5. The van der Waals surface area contributed by atoms with Gasteiger partial charge in [-0.3, -0.25) is 0 Å². The molecule has 0 aromatic carbocycles. The number of halogens is 1. The summed E-state index contributed by atoms with van der Waals surface area (Å²) in [5.41, 5.74) is 6.23. The van der Waals surface area contributed by atoms with Gasteiger partial charge in [-0.25, -0.2) is 0 Å². The fraction of sp³-hybridized carbons (Fsp3) is 1.00. The van der Waals surface area contributed by atoms with Crippen LogP contribution in [0.4, 0.5) is 0 Å². The van der Waals surface area contributed by atoms with E-state index >= 15 is 0 Å². The van der Waals surface area contributed by atoms with Crippen LogP contribution in [-0.2, 0) is 13.3 Å². The molecule has 0 aromatic heterocycles. The van der Waals surface area contributed by atoms with Crippen molar-refractivity contribution in [2.24, 2.45) is 11.7 Å². The topological polar surface area (TPSA) is 94.2 Å². The number of rotatable bonds is 28. The first-order valence-corrected chi connectivity index (χ1v) is 17.2. The summed E-state index contributed by atoms with van der Waals surface area (Å²) in [5.74, 6) is 0.585. The van der Waals surface area contributed by atoms with E-state index in [1.165, 1.54) is 89.9 Å². The van der Waals surface area contributed by atoms with Crippen molar-refractivity contribution in [1.82, 2.24) is 0 Å². The number of aliphatic hydroxyl groups is 2. The molecule has 0 bridgehead atoms. The SMILES string of the molecule is CCCCCCCCCCCCCCCC(CCC[Si](OCC)(OCCO)OCCO)CC(C)(C)N.Cl. The van der Waals surface area contributed by atoms with E-state index in [0.717, 1.165) is 19.3 Å². The minimum atomic E-state index is -2.89. The third-order valence-corrected chi connectivity index (χ3v) is 9.80. The predicted octanol–water partition coefficient (Wildman–Crippen LogP) is 7.41.